The smallest absolute Gasteiger partial charge is 0.204 e. The quantitative estimate of drug-likeness (QED) is 0.735. The van der Waals surface area contributed by atoms with Gasteiger partial charge in [0.15, 0.2) is 6.20 Å². The molecule has 0 radical (unpaired) electrons. The van der Waals surface area contributed by atoms with Gasteiger partial charge < -0.3 is 17.9 Å². The predicted molar refractivity (Wildman–Crippen MR) is 91.8 cm³/mol. The van der Waals surface area contributed by atoms with Gasteiger partial charge in [-0.3, -0.25) is 0 Å². The molecule has 2 nitrogen and oxygen atoms in total. The van der Waals surface area contributed by atoms with Gasteiger partial charge in [0.05, 0.1) is 0 Å². The summed E-state index contributed by atoms with van der Waals surface area (Å²) in [7, 11) is 0. The second-order valence-corrected chi connectivity index (χ2v) is 4.49. The fourth-order valence-corrected chi connectivity index (χ4v) is 1.80. The van der Waals surface area contributed by atoms with Crippen LogP contribution in [-0.2, 0) is 6.54 Å². The maximum atomic E-state index is 3.78. The molecule has 1 aromatic carbocycles. The van der Waals surface area contributed by atoms with Gasteiger partial charge >= 0.3 is 0 Å². The van der Waals surface area contributed by atoms with Gasteiger partial charge in [-0.2, -0.15) is 4.57 Å². The van der Waals surface area contributed by atoms with Crippen molar-refractivity contribution in [1.82, 2.24) is 0 Å². The average molecular weight is 320 g/mol. The molecule has 2 rings (SSSR count). The van der Waals surface area contributed by atoms with Crippen molar-refractivity contribution in [3.05, 3.63) is 79.1 Å². The Kier molecular flexibility index (Phi) is 14.3. The predicted octanol–water partition coefficient (Wildman–Crippen LogP) is 0.926. The number of halogens is 1. The number of unbranched alkanes of at least 4 members (excludes halogenated alkanes) is 1. The normalized spacial score (nSPS) is 8.41. The van der Waals surface area contributed by atoms with Crippen molar-refractivity contribution in [3.8, 4) is 0 Å². The SMILES string of the molecule is C=Cc1cccc[n+]1CCCC.C=Cc1ccccc1.O.[Cl-]. The van der Waals surface area contributed by atoms with E-state index in [0.29, 0.717) is 0 Å². The Morgan fingerprint density at radius 1 is 0.955 bits per heavy atom. The molecule has 22 heavy (non-hydrogen) atoms. The molecular weight excluding hydrogens is 294 g/mol. The third-order valence-electron chi connectivity index (χ3n) is 2.97. The van der Waals surface area contributed by atoms with Gasteiger partial charge in [0.25, 0.3) is 0 Å². The van der Waals surface area contributed by atoms with Crippen LogP contribution in [0.15, 0.2) is 67.9 Å². The molecule has 3 heteroatoms. The van der Waals surface area contributed by atoms with Crippen LogP contribution in [0.5, 0.6) is 0 Å². The van der Waals surface area contributed by atoms with Crippen molar-refractivity contribution >= 4 is 12.2 Å². The Morgan fingerprint density at radius 2 is 1.59 bits per heavy atom. The minimum atomic E-state index is 0. The molecule has 1 heterocycles. The second-order valence-electron chi connectivity index (χ2n) is 4.49. The van der Waals surface area contributed by atoms with E-state index in [1.54, 1.807) is 0 Å². The molecule has 0 aliphatic rings. The zero-order valence-electron chi connectivity index (χ0n) is 13.2. The van der Waals surface area contributed by atoms with Gasteiger partial charge in [-0.15, -0.1) is 0 Å². The second kappa shape index (κ2) is 14.1. The standard InChI is InChI=1S/C11H16N.C8H8.ClH.H2O/c1-3-5-9-12-10-7-6-8-11(12)4-2;1-2-8-6-4-3-5-7-8;;/h4,6-8,10H,2-3,5,9H2,1H3;2-7H,1H2;1H;1H2/q+1;;;/p-1. The lowest BCUT2D eigenvalue weighted by atomic mass is 10.2. The summed E-state index contributed by atoms with van der Waals surface area (Å²) in [5.41, 5.74) is 2.37. The number of rotatable bonds is 5. The van der Waals surface area contributed by atoms with E-state index in [0.717, 1.165) is 6.54 Å². The number of hydrogen-bond donors (Lipinski definition) is 0. The van der Waals surface area contributed by atoms with Crippen LogP contribution in [0.3, 0.4) is 0 Å². The van der Waals surface area contributed by atoms with Crippen LogP contribution < -0.4 is 17.0 Å². The van der Waals surface area contributed by atoms with Crippen molar-refractivity contribution in [2.75, 3.05) is 0 Å². The third kappa shape index (κ3) is 8.40. The fraction of sp³-hybridized carbons (Fsp3) is 0.211. The fourth-order valence-electron chi connectivity index (χ4n) is 1.80. The highest BCUT2D eigenvalue weighted by Crippen LogP contribution is 1.97. The van der Waals surface area contributed by atoms with E-state index in [2.05, 4.69) is 43.0 Å². The molecule has 1 aromatic heterocycles. The Morgan fingerprint density at radius 3 is 2.09 bits per heavy atom. The Labute approximate surface area is 140 Å². The van der Waals surface area contributed by atoms with Gasteiger partial charge in [-0.25, -0.2) is 0 Å². The molecule has 0 fully saturated rings. The van der Waals surface area contributed by atoms with E-state index >= 15 is 0 Å². The van der Waals surface area contributed by atoms with Crippen LogP contribution in [0.4, 0.5) is 0 Å². The van der Waals surface area contributed by atoms with E-state index in [4.69, 9.17) is 0 Å². The molecule has 2 N–H and O–H groups in total. The van der Waals surface area contributed by atoms with Gasteiger partial charge in [0.2, 0.25) is 5.69 Å². The number of nitrogens with zero attached hydrogens (tertiary/aromatic N) is 1. The first-order valence-electron chi connectivity index (χ1n) is 7.10. The molecule has 2 aromatic rings. The number of pyridine rings is 1. The summed E-state index contributed by atoms with van der Waals surface area (Å²) in [6.45, 7) is 10.7. The monoisotopic (exact) mass is 319 g/mol. The summed E-state index contributed by atoms with van der Waals surface area (Å²) >= 11 is 0. The van der Waals surface area contributed by atoms with Crippen LogP contribution in [0.2, 0.25) is 0 Å². The Balaban J connectivity index is 0. The first-order chi connectivity index (χ1) is 9.81. The highest BCUT2D eigenvalue weighted by atomic mass is 35.5. The van der Waals surface area contributed by atoms with Crippen molar-refractivity contribution in [1.29, 1.82) is 0 Å². The molecule has 120 valence electrons. The third-order valence-corrected chi connectivity index (χ3v) is 2.97. The van der Waals surface area contributed by atoms with Crippen molar-refractivity contribution < 1.29 is 22.5 Å². The van der Waals surface area contributed by atoms with Crippen LogP contribution in [0.1, 0.15) is 31.0 Å². The maximum Gasteiger partial charge on any atom is 0.204 e. The van der Waals surface area contributed by atoms with E-state index in [-0.39, 0.29) is 17.9 Å². The average Bonchev–Trinajstić information content (AvgIpc) is 2.54. The van der Waals surface area contributed by atoms with E-state index < -0.39 is 0 Å². The minimum Gasteiger partial charge on any atom is -1.00 e. The topological polar surface area (TPSA) is 35.4 Å². The Hall–Kier alpha value is -1.90. The van der Waals surface area contributed by atoms with Crippen LogP contribution >= 0.6 is 0 Å². The number of aryl methyl sites for hydroxylation is 1. The van der Waals surface area contributed by atoms with Crippen LogP contribution in [0, 0.1) is 0 Å². The summed E-state index contributed by atoms with van der Waals surface area (Å²) in [4.78, 5) is 0. The summed E-state index contributed by atoms with van der Waals surface area (Å²) in [5, 5.41) is 0. The lowest BCUT2D eigenvalue weighted by Gasteiger charge is -1.97. The first-order valence-corrected chi connectivity index (χ1v) is 7.10. The minimum absolute atomic E-state index is 0. The number of aromatic nitrogens is 1. The van der Waals surface area contributed by atoms with Crippen molar-refractivity contribution in [2.45, 2.75) is 26.3 Å². The van der Waals surface area contributed by atoms with Gasteiger partial charge in [0.1, 0.15) is 6.54 Å². The molecular formula is C19H26ClNO. The van der Waals surface area contributed by atoms with Crippen LogP contribution in [-0.4, -0.2) is 5.48 Å². The van der Waals surface area contributed by atoms with E-state index in [9.17, 15) is 0 Å². The van der Waals surface area contributed by atoms with Crippen molar-refractivity contribution in [2.24, 2.45) is 0 Å². The molecule has 0 aliphatic heterocycles. The zero-order chi connectivity index (χ0) is 14.6. The van der Waals surface area contributed by atoms with E-state index in [1.165, 1.54) is 24.1 Å². The molecule has 0 unspecified atom stereocenters. The molecule has 0 spiro atoms. The Bertz CT molecular complexity index is 526. The molecule has 0 saturated heterocycles. The summed E-state index contributed by atoms with van der Waals surface area (Å²) in [5.74, 6) is 0. The molecule has 0 saturated carbocycles. The van der Waals surface area contributed by atoms with Gasteiger partial charge in [-0.05, 0) is 11.6 Å². The summed E-state index contributed by atoms with van der Waals surface area (Å²) in [6.07, 6.45) is 8.30. The van der Waals surface area contributed by atoms with Gasteiger partial charge in [0, 0.05) is 24.6 Å². The zero-order valence-corrected chi connectivity index (χ0v) is 14.0. The first kappa shape index (κ1) is 22.4. The number of benzene rings is 1. The maximum absolute atomic E-state index is 3.78. The highest BCUT2D eigenvalue weighted by molar-refractivity contribution is 5.45. The van der Waals surface area contributed by atoms with Gasteiger partial charge in [-0.1, -0.05) is 62.9 Å². The largest absolute Gasteiger partial charge is 1.00 e. The lowest BCUT2D eigenvalue weighted by Crippen LogP contribution is -3.00. The lowest BCUT2D eigenvalue weighted by molar-refractivity contribution is -0.699. The molecule has 0 bridgehead atoms. The molecule has 0 amide bonds. The highest BCUT2D eigenvalue weighted by Gasteiger charge is 2.03. The molecule has 0 aliphatic carbocycles. The van der Waals surface area contributed by atoms with Crippen molar-refractivity contribution in [3.63, 3.8) is 0 Å². The summed E-state index contributed by atoms with van der Waals surface area (Å²) in [6, 6.07) is 16.2. The number of hydrogen-bond acceptors (Lipinski definition) is 0. The van der Waals surface area contributed by atoms with E-state index in [1.807, 2.05) is 48.6 Å². The summed E-state index contributed by atoms with van der Waals surface area (Å²) < 4.78 is 2.23. The molecule has 0 atom stereocenters. The van der Waals surface area contributed by atoms with Crippen LogP contribution in [0.25, 0.3) is 12.2 Å².